The Labute approximate surface area is 179 Å². The highest BCUT2D eigenvalue weighted by Crippen LogP contribution is 2.45. The molecule has 152 valence electrons. The van der Waals surface area contributed by atoms with E-state index in [1.165, 1.54) is 15.1 Å². The summed E-state index contributed by atoms with van der Waals surface area (Å²) in [5.41, 5.74) is 1.95. The van der Waals surface area contributed by atoms with E-state index in [4.69, 9.17) is 4.74 Å². The van der Waals surface area contributed by atoms with Gasteiger partial charge in [-0.15, -0.1) is 11.3 Å². The number of para-hydroxylation sites is 1. The molecule has 0 unspecified atom stereocenters. The molecule has 1 saturated heterocycles. The van der Waals surface area contributed by atoms with Gasteiger partial charge in [0.1, 0.15) is 6.10 Å². The summed E-state index contributed by atoms with van der Waals surface area (Å²) >= 11 is 3.36. The Balaban J connectivity index is 1.25. The fourth-order valence-electron chi connectivity index (χ4n) is 4.83. The highest BCUT2D eigenvalue weighted by atomic mass is 32.1. The van der Waals surface area contributed by atoms with Gasteiger partial charge in [0.2, 0.25) is 5.91 Å². The summed E-state index contributed by atoms with van der Waals surface area (Å²) in [7, 11) is 0. The highest BCUT2D eigenvalue weighted by molar-refractivity contribution is 7.20. The number of carbonyl (C=O) groups excluding carboxylic acids is 1. The SMILES string of the molecule is Cc1cccc2sc(OC3CCN(C(=O)C4(c5cccs5)CCCC4)CC3)nc12. The Morgan fingerprint density at radius 3 is 2.66 bits per heavy atom. The first kappa shape index (κ1) is 19.1. The van der Waals surface area contributed by atoms with Crippen molar-refractivity contribution in [1.82, 2.24) is 9.88 Å². The minimum absolute atomic E-state index is 0.140. The molecule has 0 bridgehead atoms. The molecule has 1 saturated carbocycles. The smallest absolute Gasteiger partial charge is 0.274 e. The second kappa shape index (κ2) is 7.73. The van der Waals surface area contributed by atoms with Gasteiger partial charge in [0.15, 0.2) is 0 Å². The maximum absolute atomic E-state index is 13.5. The van der Waals surface area contributed by atoms with Gasteiger partial charge < -0.3 is 9.64 Å². The molecule has 1 aromatic carbocycles. The molecule has 5 rings (SSSR count). The maximum Gasteiger partial charge on any atom is 0.274 e. The lowest BCUT2D eigenvalue weighted by Gasteiger charge is -2.38. The monoisotopic (exact) mass is 426 g/mol. The van der Waals surface area contributed by atoms with Crippen molar-refractivity contribution in [3.63, 3.8) is 0 Å². The fourth-order valence-corrected chi connectivity index (χ4v) is 6.77. The molecule has 0 spiro atoms. The molecule has 2 fully saturated rings. The topological polar surface area (TPSA) is 42.4 Å². The van der Waals surface area contributed by atoms with Gasteiger partial charge in [-0.3, -0.25) is 4.79 Å². The predicted octanol–water partition coefficient (Wildman–Crippen LogP) is 5.55. The molecule has 2 aliphatic rings. The Morgan fingerprint density at radius 1 is 1.17 bits per heavy atom. The van der Waals surface area contributed by atoms with E-state index in [1.807, 2.05) is 0 Å². The van der Waals surface area contributed by atoms with E-state index in [-0.39, 0.29) is 11.5 Å². The number of aromatic nitrogens is 1. The molecule has 29 heavy (non-hydrogen) atoms. The van der Waals surface area contributed by atoms with Crippen LogP contribution in [0.4, 0.5) is 0 Å². The Bertz CT molecular complexity index is 997. The molecule has 1 aliphatic heterocycles. The number of thiophene rings is 1. The largest absolute Gasteiger partial charge is 0.467 e. The number of thiazole rings is 1. The number of hydrogen-bond acceptors (Lipinski definition) is 5. The summed E-state index contributed by atoms with van der Waals surface area (Å²) in [6, 6.07) is 10.5. The summed E-state index contributed by atoms with van der Waals surface area (Å²) in [4.78, 5) is 21.6. The summed E-state index contributed by atoms with van der Waals surface area (Å²) in [6.07, 6.45) is 6.19. The van der Waals surface area contributed by atoms with E-state index in [9.17, 15) is 4.79 Å². The first-order valence-corrected chi connectivity index (χ1v) is 12.2. The molecule has 3 aromatic rings. The predicted molar refractivity (Wildman–Crippen MR) is 119 cm³/mol. The zero-order chi connectivity index (χ0) is 19.8. The van der Waals surface area contributed by atoms with Gasteiger partial charge in [-0.05, 0) is 42.8 Å². The molecular formula is C23H26N2O2S2. The third-order valence-electron chi connectivity index (χ3n) is 6.46. The van der Waals surface area contributed by atoms with Crippen LogP contribution in [0.2, 0.25) is 0 Å². The van der Waals surface area contributed by atoms with Crippen LogP contribution in [0, 0.1) is 6.92 Å². The number of benzene rings is 1. The molecule has 3 heterocycles. The van der Waals surface area contributed by atoms with Gasteiger partial charge in [0.05, 0.1) is 15.6 Å². The van der Waals surface area contributed by atoms with Crippen LogP contribution in [-0.2, 0) is 10.2 Å². The number of amides is 1. The van der Waals surface area contributed by atoms with E-state index in [2.05, 4.69) is 52.5 Å². The van der Waals surface area contributed by atoms with E-state index in [0.717, 1.165) is 62.3 Å². The third kappa shape index (κ3) is 3.46. The number of fused-ring (bicyclic) bond motifs is 1. The summed E-state index contributed by atoms with van der Waals surface area (Å²) in [5, 5.41) is 2.85. The molecule has 2 aromatic heterocycles. The molecule has 0 radical (unpaired) electrons. The van der Waals surface area contributed by atoms with Crippen molar-refractivity contribution in [1.29, 1.82) is 0 Å². The first-order valence-electron chi connectivity index (χ1n) is 10.5. The van der Waals surface area contributed by atoms with Crippen LogP contribution in [0.25, 0.3) is 10.2 Å². The van der Waals surface area contributed by atoms with Crippen LogP contribution >= 0.6 is 22.7 Å². The third-order valence-corrected chi connectivity index (χ3v) is 8.44. The number of nitrogens with zero attached hydrogens (tertiary/aromatic N) is 2. The van der Waals surface area contributed by atoms with Crippen molar-refractivity contribution in [2.75, 3.05) is 13.1 Å². The lowest BCUT2D eigenvalue weighted by atomic mass is 9.82. The molecule has 0 N–H and O–H groups in total. The number of ether oxygens (including phenoxy) is 1. The van der Waals surface area contributed by atoms with Crippen molar-refractivity contribution in [2.24, 2.45) is 0 Å². The van der Waals surface area contributed by atoms with E-state index in [1.54, 1.807) is 22.7 Å². The zero-order valence-electron chi connectivity index (χ0n) is 16.7. The van der Waals surface area contributed by atoms with Crippen molar-refractivity contribution < 1.29 is 9.53 Å². The number of likely N-dealkylation sites (tertiary alicyclic amines) is 1. The summed E-state index contributed by atoms with van der Waals surface area (Å²) < 4.78 is 7.39. The highest BCUT2D eigenvalue weighted by Gasteiger charge is 2.46. The van der Waals surface area contributed by atoms with Gasteiger partial charge >= 0.3 is 0 Å². The minimum atomic E-state index is -0.271. The van der Waals surface area contributed by atoms with Crippen LogP contribution in [0.15, 0.2) is 35.7 Å². The summed E-state index contributed by atoms with van der Waals surface area (Å²) in [5.74, 6) is 0.339. The Kier molecular flexibility index (Phi) is 5.08. The molecule has 0 atom stereocenters. The van der Waals surface area contributed by atoms with E-state index < -0.39 is 0 Å². The normalized spacial score (nSPS) is 19.7. The van der Waals surface area contributed by atoms with E-state index >= 15 is 0 Å². The maximum atomic E-state index is 13.5. The molecule has 6 heteroatoms. The van der Waals surface area contributed by atoms with Crippen molar-refractivity contribution in [3.8, 4) is 5.19 Å². The van der Waals surface area contributed by atoms with Gasteiger partial charge in [-0.2, -0.15) is 0 Å². The number of hydrogen-bond donors (Lipinski definition) is 0. The standard InChI is InChI=1S/C23H26N2O2S2/c1-16-6-4-7-18-20(16)24-22(29-18)27-17-9-13-25(14-10-17)21(26)23(11-2-3-12-23)19-8-5-15-28-19/h4-8,15,17H,2-3,9-14H2,1H3. The second-order valence-corrected chi connectivity index (χ2v) is 10.2. The molecular weight excluding hydrogens is 400 g/mol. The van der Waals surface area contributed by atoms with E-state index in [0.29, 0.717) is 5.91 Å². The number of aryl methyl sites for hydroxylation is 1. The second-order valence-electron chi connectivity index (χ2n) is 8.28. The van der Waals surface area contributed by atoms with Crippen molar-refractivity contribution in [3.05, 3.63) is 46.2 Å². The zero-order valence-corrected chi connectivity index (χ0v) is 18.4. The van der Waals surface area contributed by atoms with Crippen LogP contribution in [0.1, 0.15) is 49.0 Å². The van der Waals surface area contributed by atoms with Gasteiger partial charge in [0.25, 0.3) is 5.19 Å². The van der Waals surface area contributed by atoms with Crippen LogP contribution in [-0.4, -0.2) is 35.0 Å². The Hall–Kier alpha value is -1.92. The van der Waals surface area contributed by atoms with Crippen molar-refractivity contribution >= 4 is 38.8 Å². The Morgan fingerprint density at radius 2 is 1.97 bits per heavy atom. The number of rotatable bonds is 4. The molecule has 4 nitrogen and oxygen atoms in total. The van der Waals surface area contributed by atoms with Gasteiger partial charge in [0, 0.05) is 30.8 Å². The van der Waals surface area contributed by atoms with Crippen LogP contribution in [0.5, 0.6) is 5.19 Å². The van der Waals surface area contributed by atoms with Gasteiger partial charge in [-0.25, -0.2) is 4.98 Å². The number of piperidine rings is 1. The van der Waals surface area contributed by atoms with Gasteiger partial charge in [-0.1, -0.05) is 42.4 Å². The first-order chi connectivity index (χ1) is 14.2. The molecule has 1 amide bonds. The van der Waals surface area contributed by atoms with Crippen molar-refractivity contribution in [2.45, 2.75) is 57.0 Å². The average molecular weight is 427 g/mol. The average Bonchev–Trinajstić information content (AvgIpc) is 3.49. The fraction of sp³-hybridized carbons (Fsp3) is 0.478. The quantitative estimate of drug-likeness (QED) is 0.549. The lowest BCUT2D eigenvalue weighted by molar-refractivity contribution is -0.139. The van der Waals surface area contributed by atoms with Crippen LogP contribution < -0.4 is 4.74 Å². The minimum Gasteiger partial charge on any atom is -0.467 e. The van der Waals surface area contributed by atoms with Crippen LogP contribution in [0.3, 0.4) is 0 Å². The molecule has 1 aliphatic carbocycles. The number of carbonyl (C=O) groups is 1. The summed E-state index contributed by atoms with van der Waals surface area (Å²) in [6.45, 7) is 3.64. The lowest BCUT2D eigenvalue weighted by Crippen LogP contribution is -2.49.